The normalized spacial score (nSPS) is 10.3. The lowest BCUT2D eigenvalue weighted by Crippen LogP contribution is -2.04. The van der Waals surface area contributed by atoms with Crippen molar-refractivity contribution in [2.45, 2.75) is 13.3 Å². The van der Waals surface area contributed by atoms with E-state index < -0.39 is 11.8 Å². The third kappa shape index (κ3) is 3.57. The molecule has 0 atom stereocenters. The molecule has 0 aliphatic heterocycles. The average molecular weight is 338 g/mol. The van der Waals surface area contributed by atoms with Crippen molar-refractivity contribution in [3.05, 3.63) is 57.8 Å². The van der Waals surface area contributed by atoms with E-state index in [0.717, 1.165) is 15.7 Å². The van der Waals surface area contributed by atoms with Crippen LogP contribution in [-0.4, -0.2) is 11.1 Å². The Morgan fingerprint density at radius 2 is 2.05 bits per heavy atom. The van der Waals surface area contributed by atoms with Crippen molar-refractivity contribution in [2.24, 2.45) is 0 Å². The van der Waals surface area contributed by atoms with E-state index in [1.54, 1.807) is 6.07 Å². The second-order valence-electron chi connectivity index (χ2n) is 4.46. The van der Waals surface area contributed by atoms with Gasteiger partial charge in [0.2, 0.25) is 0 Å². The van der Waals surface area contributed by atoms with Crippen LogP contribution in [-0.2, 0) is 11.2 Å². The minimum absolute atomic E-state index is 0.227. The summed E-state index contributed by atoms with van der Waals surface area (Å²) in [5.41, 5.74) is 2.88. The first-order valence-corrected chi connectivity index (χ1v) is 6.78. The van der Waals surface area contributed by atoms with Crippen LogP contribution in [0.5, 0.6) is 0 Å². The second kappa shape index (κ2) is 6.05. The molecule has 0 amide bonds. The molecule has 2 aromatic carbocycles. The number of hydrogen-bond acceptors (Lipinski definition) is 2. The molecule has 0 saturated heterocycles. The Balaban J connectivity index is 2.32. The summed E-state index contributed by atoms with van der Waals surface area (Å²) in [5.74, 6) is -1.44. The Morgan fingerprint density at radius 1 is 1.30 bits per heavy atom. The van der Waals surface area contributed by atoms with E-state index in [2.05, 4.69) is 21.2 Å². The number of rotatable bonds is 4. The first-order chi connectivity index (χ1) is 9.45. The number of anilines is 2. The van der Waals surface area contributed by atoms with Crippen molar-refractivity contribution in [3.8, 4) is 0 Å². The Labute approximate surface area is 124 Å². The predicted molar refractivity (Wildman–Crippen MR) is 79.9 cm³/mol. The summed E-state index contributed by atoms with van der Waals surface area (Å²) in [6.07, 6.45) is -0.227. The van der Waals surface area contributed by atoms with E-state index in [0.29, 0.717) is 11.3 Å². The van der Waals surface area contributed by atoms with E-state index in [1.165, 1.54) is 12.1 Å². The van der Waals surface area contributed by atoms with Crippen LogP contribution in [0.15, 0.2) is 40.9 Å². The lowest BCUT2D eigenvalue weighted by atomic mass is 10.1. The highest BCUT2D eigenvalue weighted by atomic mass is 79.9. The first kappa shape index (κ1) is 14.5. The number of hydrogen-bond donors (Lipinski definition) is 2. The van der Waals surface area contributed by atoms with Crippen LogP contribution in [0.1, 0.15) is 11.1 Å². The molecule has 0 radical (unpaired) electrons. The molecule has 0 unspecified atom stereocenters. The standard InChI is InChI=1S/C15H13BrFNO2/c1-9-6-12(3-4-13(9)16)18-14-5-2-11(17)7-10(14)8-15(19)20/h2-7,18H,8H2,1H3,(H,19,20). The van der Waals surface area contributed by atoms with Crippen molar-refractivity contribution < 1.29 is 14.3 Å². The van der Waals surface area contributed by atoms with Crippen LogP contribution in [0.3, 0.4) is 0 Å². The fraction of sp³-hybridized carbons (Fsp3) is 0.133. The van der Waals surface area contributed by atoms with Crippen molar-refractivity contribution in [1.29, 1.82) is 0 Å². The van der Waals surface area contributed by atoms with Gasteiger partial charge in [-0.25, -0.2) is 4.39 Å². The summed E-state index contributed by atoms with van der Waals surface area (Å²) < 4.78 is 14.2. The Bertz CT molecular complexity index is 658. The van der Waals surface area contributed by atoms with Crippen LogP contribution < -0.4 is 5.32 Å². The van der Waals surface area contributed by atoms with Crippen LogP contribution in [0.2, 0.25) is 0 Å². The Hall–Kier alpha value is -1.88. The molecule has 2 N–H and O–H groups in total. The molecular formula is C15H13BrFNO2. The van der Waals surface area contributed by atoms with Crippen LogP contribution in [0, 0.1) is 12.7 Å². The number of carbonyl (C=O) groups is 1. The maximum Gasteiger partial charge on any atom is 0.307 e. The van der Waals surface area contributed by atoms with Gasteiger partial charge < -0.3 is 10.4 Å². The Kier molecular flexibility index (Phi) is 4.39. The van der Waals surface area contributed by atoms with E-state index in [4.69, 9.17) is 5.11 Å². The average Bonchev–Trinajstić information content (AvgIpc) is 2.36. The SMILES string of the molecule is Cc1cc(Nc2ccc(F)cc2CC(=O)O)ccc1Br. The van der Waals surface area contributed by atoms with Gasteiger partial charge in [-0.15, -0.1) is 0 Å². The molecule has 0 spiro atoms. The largest absolute Gasteiger partial charge is 0.481 e. The molecule has 2 rings (SSSR count). The molecule has 20 heavy (non-hydrogen) atoms. The quantitative estimate of drug-likeness (QED) is 0.875. The zero-order valence-electron chi connectivity index (χ0n) is 10.8. The second-order valence-corrected chi connectivity index (χ2v) is 5.32. The van der Waals surface area contributed by atoms with Gasteiger partial charge in [-0.2, -0.15) is 0 Å². The summed E-state index contributed by atoms with van der Waals surface area (Å²) in [7, 11) is 0. The minimum atomic E-state index is -0.995. The lowest BCUT2D eigenvalue weighted by Gasteiger charge is -2.12. The van der Waals surface area contributed by atoms with Gasteiger partial charge >= 0.3 is 5.97 Å². The summed E-state index contributed by atoms with van der Waals surface area (Å²) >= 11 is 3.42. The van der Waals surface area contributed by atoms with Gasteiger partial charge in [0.1, 0.15) is 5.82 Å². The van der Waals surface area contributed by atoms with Crippen LogP contribution in [0.25, 0.3) is 0 Å². The summed E-state index contributed by atoms with van der Waals surface area (Å²) in [5, 5.41) is 12.0. The van der Waals surface area contributed by atoms with E-state index >= 15 is 0 Å². The molecule has 0 aromatic heterocycles. The van der Waals surface area contributed by atoms with E-state index in [9.17, 15) is 9.18 Å². The molecule has 0 fully saturated rings. The minimum Gasteiger partial charge on any atom is -0.481 e. The fourth-order valence-electron chi connectivity index (χ4n) is 1.87. The molecule has 0 heterocycles. The summed E-state index contributed by atoms with van der Waals surface area (Å²) in [6, 6.07) is 9.79. The molecular weight excluding hydrogens is 325 g/mol. The zero-order valence-corrected chi connectivity index (χ0v) is 12.4. The van der Waals surface area contributed by atoms with Gasteiger partial charge in [0, 0.05) is 15.8 Å². The van der Waals surface area contributed by atoms with Crippen molar-refractivity contribution in [3.63, 3.8) is 0 Å². The lowest BCUT2D eigenvalue weighted by molar-refractivity contribution is -0.136. The van der Waals surface area contributed by atoms with Crippen molar-refractivity contribution >= 4 is 33.3 Å². The van der Waals surface area contributed by atoms with Crippen molar-refractivity contribution in [1.82, 2.24) is 0 Å². The van der Waals surface area contributed by atoms with Crippen LogP contribution in [0.4, 0.5) is 15.8 Å². The van der Waals surface area contributed by atoms with Gasteiger partial charge in [-0.05, 0) is 54.4 Å². The number of carboxylic acid groups (broad SMARTS) is 1. The number of aryl methyl sites for hydroxylation is 1. The zero-order chi connectivity index (χ0) is 14.7. The molecule has 0 bridgehead atoms. The van der Waals surface area contributed by atoms with Gasteiger partial charge in [0.25, 0.3) is 0 Å². The number of benzene rings is 2. The van der Waals surface area contributed by atoms with Crippen molar-refractivity contribution in [2.75, 3.05) is 5.32 Å². The number of nitrogens with one attached hydrogen (secondary N) is 1. The molecule has 0 aliphatic rings. The molecule has 0 aliphatic carbocycles. The molecule has 0 saturated carbocycles. The van der Waals surface area contributed by atoms with Gasteiger partial charge in [0.15, 0.2) is 0 Å². The molecule has 104 valence electrons. The fourth-order valence-corrected chi connectivity index (χ4v) is 2.12. The number of aliphatic carboxylic acids is 1. The smallest absolute Gasteiger partial charge is 0.307 e. The third-order valence-corrected chi connectivity index (χ3v) is 3.74. The number of halogens is 2. The third-order valence-electron chi connectivity index (χ3n) is 2.85. The van der Waals surface area contributed by atoms with E-state index in [-0.39, 0.29) is 6.42 Å². The molecule has 2 aromatic rings. The topological polar surface area (TPSA) is 49.3 Å². The van der Waals surface area contributed by atoms with Gasteiger partial charge in [-0.1, -0.05) is 15.9 Å². The van der Waals surface area contributed by atoms with Crippen LogP contribution >= 0.6 is 15.9 Å². The summed E-state index contributed by atoms with van der Waals surface area (Å²) in [6.45, 7) is 1.96. The highest BCUT2D eigenvalue weighted by molar-refractivity contribution is 9.10. The monoisotopic (exact) mass is 337 g/mol. The Morgan fingerprint density at radius 3 is 2.70 bits per heavy atom. The molecule has 3 nitrogen and oxygen atoms in total. The first-order valence-electron chi connectivity index (χ1n) is 5.99. The highest BCUT2D eigenvalue weighted by Crippen LogP contribution is 2.25. The van der Waals surface area contributed by atoms with E-state index in [1.807, 2.05) is 25.1 Å². The predicted octanol–water partition coefficient (Wildman–Crippen LogP) is 4.27. The summed E-state index contributed by atoms with van der Waals surface area (Å²) in [4.78, 5) is 10.8. The molecule has 5 heteroatoms. The van der Waals surface area contributed by atoms with Gasteiger partial charge in [-0.3, -0.25) is 4.79 Å². The highest BCUT2D eigenvalue weighted by Gasteiger charge is 2.09. The maximum atomic E-state index is 13.2. The number of carboxylic acids is 1. The maximum absolute atomic E-state index is 13.2. The van der Waals surface area contributed by atoms with Gasteiger partial charge in [0.05, 0.1) is 6.42 Å².